The fourth-order valence-corrected chi connectivity index (χ4v) is 1.51. The zero-order valence-electron chi connectivity index (χ0n) is 11.7. The molecule has 0 spiro atoms. The fraction of sp³-hybridized carbons (Fsp3) is 0.692. The van der Waals surface area contributed by atoms with E-state index in [9.17, 15) is 4.79 Å². The van der Waals surface area contributed by atoms with Crippen molar-refractivity contribution < 1.29 is 4.79 Å². The van der Waals surface area contributed by atoms with Crippen LogP contribution in [0.4, 0.5) is 0 Å². The Morgan fingerprint density at radius 3 is 2.72 bits per heavy atom. The molecule has 0 aliphatic carbocycles. The van der Waals surface area contributed by atoms with Gasteiger partial charge in [-0.25, -0.2) is 0 Å². The molecule has 0 aromatic carbocycles. The predicted molar refractivity (Wildman–Crippen MR) is 72.2 cm³/mol. The Balaban J connectivity index is 2.37. The van der Waals surface area contributed by atoms with Gasteiger partial charge in [0.1, 0.15) is 0 Å². The minimum absolute atomic E-state index is 0.0418. The number of nitrogens with zero attached hydrogens (tertiary/aromatic N) is 2. The van der Waals surface area contributed by atoms with E-state index in [1.807, 2.05) is 30.8 Å². The summed E-state index contributed by atoms with van der Waals surface area (Å²) in [4.78, 5) is 11.6. The molecule has 102 valence electrons. The molecule has 0 aliphatic heterocycles. The van der Waals surface area contributed by atoms with E-state index in [1.54, 1.807) is 0 Å². The van der Waals surface area contributed by atoms with E-state index >= 15 is 0 Å². The third-order valence-electron chi connectivity index (χ3n) is 2.72. The third-order valence-corrected chi connectivity index (χ3v) is 2.72. The number of carbonyl (C=O) groups excluding carboxylic acids is 1. The first-order valence-corrected chi connectivity index (χ1v) is 6.59. The van der Waals surface area contributed by atoms with Gasteiger partial charge in [0, 0.05) is 25.3 Å². The molecule has 1 aromatic rings. The van der Waals surface area contributed by atoms with E-state index in [2.05, 4.69) is 29.6 Å². The number of hydrogen-bond acceptors (Lipinski definition) is 3. The van der Waals surface area contributed by atoms with Crippen molar-refractivity contribution in [1.29, 1.82) is 0 Å². The maximum atomic E-state index is 11.6. The molecule has 5 nitrogen and oxygen atoms in total. The van der Waals surface area contributed by atoms with Crippen LogP contribution in [0, 0.1) is 0 Å². The molecule has 1 rings (SSSR count). The Labute approximate surface area is 109 Å². The largest absolute Gasteiger partial charge is 0.355 e. The Hall–Kier alpha value is -1.36. The highest BCUT2D eigenvalue weighted by molar-refractivity contribution is 5.81. The lowest BCUT2D eigenvalue weighted by molar-refractivity contribution is -0.122. The second-order valence-corrected chi connectivity index (χ2v) is 4.77. The van der Waals surface area contributed by atoms with Crippen LogP contribution < -0.4 is 10.6 Å². The lowest BCUT2D eigenvalue weighted by Gasteiger charge is -2.12. The molecule has 1 amide bonds. The molecular formula is C13H24N4O. The maximum Gasteiger partial charge on any atom is 0.236 e. The Morgan fingerprint density at radius 2 is 2.17 bits per heavy atom. The van der Waals surface area contributed by atoms with Crippen molar-refractivity contribution in [3.63, 3.8) is 0 Å². The highest BCUT2D eigenvalue weighted by Crippen LogP contribution is 2.04. The average Bonchev–Trinajstić information content (AvgIpc) is 2.81. The van der Waals surface area contributed by atoms with Gasteiger partial charge in [0.25, 0.3) is 0 Å². The van der Waals surface area contributed by atoms with Crippen LogP contribution in [-0.2, 0) is 11.3 Å². The van der Waals surface area contributed by atoms with Crippen molar-refractivity contribution in [2.24, 2.45) is 0 Å². The van der Waals surface area contributed by atoms with E-state index in [0.717, 1.165) is 18.7 Å². The van der Waals surface area contributed by atoms with Gasteiger partial charge in [-0.05, 0) is 33.3 Å². The molecule has 1 unspecified atom stereocenters. The molecule has 1 heterocycles. The summed E-state index contributed by atoms with van der Waals surface area (Å²) in [6.45, 7) is 9.42. The van der Waals surface area contributed by atoms with E-state index in [4.69, 9.17) is 0 Å². The number of carbonyl (C=O) groups is 1. The van der Waals surface area contributed by atoms with Gasteiger partial charge in [-0.15, -0.1) is 0 Å². The predicted octanol–water partition coefficient (Wildman–Crippen LogP) is 1.47. The monoisotopic (exact) mass is 252 g/mol. The number of rotatable bonds is 7. The van der Waals surface area contributed by atoms with Crippen molar-refractivity contribution in [3.8, 4) is 0 Å². The van der Waals surface area contributed by atoms with Gasteiger partial charge < -0.3 is 10.6 Å². The van der Waals surface area contributed by atoms with Gasteiger partial charge in [0.2, 0.25) is 5.91 Å². The normalized spacial score (nSPS) is 12.7. The Bertz CT molecular complexity index is 373. The van der Waals surface area contributed by atoms with E-state index < -0.39 is 0 Å². The zero-order valence-corrected chi connectivity index (χ0v) is 11.7. The van der Waals surface area contributed by atoms with Gasteiger partial charge in [-0.3, -0.25) is 9.48 Å². The zero-order chi connectivity index (χ0) is 13.5. The number of amides is 1. The highest BCUT2D eigenvalue weighted by atomic mass is 16.2. The van der Waals surface area contributed by atoms with E-state index in [0.29, 0.717) is 12.6 Å². The lowest BCUT2D eigenvalue weighted by Crippen LogP contribution is -2.42. The first-order chi connectivity index (χ1) is 8.54. The van der Waals surface area contributed by atoms with Crippen molar-refractivity contribution >= 4 is 5.91 Å². The Morgan fingerprint density at radius 1 is 1.44 bits per heavy atom. The third kappa shape index (κ3) is 4.49. The summed E-state index contributed by atoms with van der Waals surface area (Å²) < 4.78 is 1.92. The Kier molecular flexibility index (Phi) is 5.85. The lowest BCUT2D eigenvalue weighted by atomic mass is 10.3. The second kappa shape index (κ2) is 7.16. The van der Waals surface area contributed by atoms with Gasteiger partial charge in [-0.1, -0.05) is 6.92 Å². The molecule has 0 saturated carbocycles. The summed E-state index contributed by atoms with van der Waals surface area (Å²) in [7, 11) is 0. The summed E-state index contributed by atoms with van der Waals surface area (Å²) in [5, 5.41) is 10.5. The quantitative estimate of drug-likeness (QED) is 0.772. The molecule has 0 fully saturated rings. The SMILES string of the molecule is CCCNC(=O)C(C)NCc1ccn(C(C)C)n1. The van der Waals surface area contributed by atoms with Crippen molar-refractivity contribution in [3.05, 3.63) is 18.0 Å². The van der Waals surface area contributed by atoms with Crippen LogP contribution in [-0.4, -0.2) is 28.3 Å². The highest BCUT2D eigenvalue weighted by Gasteiger charge is 2.11. The molecule has 5 heteroatoms. The first kappa shape index (κ1) is 14.7. The van der Waals surface area contributed by atoms with E-state index in [1.165, 1.54) is 0 Å². The number of aromatic nitrogens is 2. The van der Waals surface area contributed by atoms with E-state index in [-0.39, 0.29) is 11.9 Å². The minimum atomic E-state index is -0.194. The van der Waals surface area contributed by atoms with Gasteiger partial charge in [-0.2, -0.15) is 5.10 Å². The van der Waals surface area contributed by atoms with Crippen molar-refractivity contribution in [2.45, 2.75) is 52.7 Å². The van der Waals surface area contributed by atoms with Crippen LogP contribution in [0.25, 0.3) is 0 Å². The molecule has 2 N–H and O–H groups in total. The molecule has 1 atom stereocenters. The van der Waals surface area contributed by atoms with Crippen LogP contribution in [0.5, 0.6) is 0 Å². The molecule has 1 aromatic heterocycles. The molecule has 0 bridgehead atoms. The molecule has 0 radical (unpaired) electrons. The van der Waals surface area contributed by atoms with Crippen LogP contribution in [0.2, 0.25) is 0 Å². The van der Waals surface area contributed by atoms with Gasteiger partial charge in [0.15, 0.2) is 0 Å². The van der Waals surface area contributed by atoms with Crippen LogP contribution in [0.15, 0.2) is 12.3 Å². The van der Waals surface area contributed by atoms with Crippen molar-refractivity contribution in [1.82, 2.24) is 20.4 Å². The second-order valence-electron chi connectivity index (χ2n) is 4.77. The van der Waals surface area contributed by atoms with Crippen molar-refractivity contribution in [2.75, 3.05) is 6.54 Å². The standard InChI is InChI=1S/C13H24N4O/c1-5-7-14-13(18)11(4)15-9-12-6-8-17(16-12)10(2)3/h6,8,10-11,15H,5,7,9H2,1-4H3,(H,14,18). The minimum Gasteiger partial charge on any atom is -0.355 e. The average molecular weight is 252 g/mol. The summed E-state index contributed by atoms with van der Waals surface area (Å²) in [5.41, 5.74) is 0.957. The number of nitrogens with one attached hydrogen (secondary N) is 2. The van der Waals surface area contributed by atoms with Crippen LogP contribution in [0.1, 0.15) is 45.9 Å². The molecular weight excluding hydrogens is 228 g/mol. The maximum absolute atomic E-state index is 11.6. The smallest absolute Gasteiger partial charge is 0.236 e. The summed E-state index contributed by atoms with van der Waals surface area (Å²) >= 11 is 0. The first-order valence-electron chi connectivity index (χ1n) is 6.59. The number of hydrogen-bond donors (Lipinski definition) is 2. The molecule has 18 heavy (non-hydrogen) atoms. The van der Waals surface area contributed by atoms with Crippen LogP contribution in [0.3, 0.4) is 0 Å². The van der Waals surface area contributed by atoms with Crippen LogP contribution >= 0.6 is 0 Å². The topological polar surface area (TPSA) is 59.0 Å². The van der Waals surface area contributed by atoms with Gasteiger partial charge >= 0.3 is 0 Å². The molecule has 0 saturated heterocycles. The summed E-state index contributed by atoms with van der Waals surface area (Å²) in [6.07, 6.45) is 2.92. The van der Waals surface area contributed by atoms with Gasteiger partial charge in [0.05, 0.1) is 11.7 Å². The summed E-state index contributed by atoms with van der Waals surface area (Å²) in [6, 6.07) is 2.15. The fourth-order valence-electron chi connectivity index (χ4n) is 1.51. The summed E-state index contributed by atoms with van der Waals surface area (Å²) in [5.74, 6) is 0.0418. The molecule has 0 aliphatic rings.